The number of thioether (sulfide) groups is 1. The summed E-state index contributed by atoms with van der Waals surface area (Å²) < 4.78 is 5.78. The van der Waals surface area contributed by atoms with Crippen LogP contribution in [0.25, 0.3) is 17.4 Å². The van der Waals surface area contributed by atoms with Crippen molar-refractivity contribution in [3.8, 4) is 11.3 Å². The summed E-state index contributed by atoms with van der Waals surface area (Å²) in [6, 6.07) is 12.6. The highest BCUT2D eigenvalue weighted by Crippen LogP contribution is 2.35. The number of nitro benzene ring substituents is 1. The fourth-order valence-electron chi connectivity index (χ4n) is 3.20. The Labute approximate surface area is 192 Å². The Morgan fingerprint density at radius 2 is 1.91 bits per heavy atom. The highest BCUT2D eigenvalue weighted by atomic mass is 32.2. The molecule has 0 spiro atoms. The molecule has 4 rings (SSSR count). The van der Waals surface area contributed by atoms with Crippen LogP contribution in [0.3, 0.4) is 0 Å². The third-order valence-corrected chi connectivity index (χ3v) is 5.89. The molecule has 3 aromatic rings. The van der Waals surface area contributed by atoms with Gasteiger partial charge in [0.2, 0.25) is 0 Å². The number of carbonyl (C=O) groups excluding carboxylic acids is 1. The number of amidine groups is 1. The van der Waals surface area contributed by atoms with Gasteiger partial charge in [-0.05, 0) is 67.1 Å². The molecule has 2 N–H and O–H groups in total. The molecule has 0 aliphatic carbocycles. The summed E-state index contributed by atoms with van der Waals surface area (Å²) in [6.45, 7) is 3.66. The number of nitrogens with one attached hydrogen (secondary N) is 1. The first-order chi connectivity index (χ1) is 15.7. The van der Waals surface area contributed by atoms with Crippen LogP contribution in [0.1, 0.15) is 27.2 Å². The molecular formula is C23H17N3O6S. The minimum Gasteiger partial charge on any atom is -0.478 e. The highest BCUT2D eigenvalue weighted by Gasteiger charge is 2.25. The number of hydrogen-bond acceptors (Lipinski definition) is 7. The van der Waals surface area contributed by atoms with Crippen molar-refractivity contribution in [1.82, 2.24) is 5.32 Å². The number of nitrogens with zero attached hydrogens (tertiary/aromatic N) is 2. The third kappa shape index (κ3) is 4.55. The van der Waals surface area contributed by atoms with E-state index in [4.69, 9.17) is 4.42 Å². The SMILES string of the molecule is Cc1cc(-c2ccc(/C=C3\SC(=Nc4ccccc4C(=O)O)NC3=O)o2)c([N+](=O)[O-])cc1C. The van der Waals surface area contributed by atoms with E-state index in [-0.39, 0.29) is 27.0 Å². The van der Waals surface area contributed by atoms with Gasteiger partial charge in [0, 0.05) is 12.1 Å². The lowest BCUT2D eigenvalue weighted by Crippen LogP contribution is -2.19. The van der Waals surface area contributed by atoms with Crippen molar-refractivity contribution in [2.45, 2.75) is 13.8 Å². The highest BCUT2D eigenvalue weighted by molar-refractivity contribution is 8.18. The second-order valence-corrected chi connectivity index (χ2v) is 8.25. The number of furan rings is 1. The second-order valence-electron chi connectivity index (χ2n) is 7.22. The first-order valence-electron chi connectivity index (χ1n) is 9.70. The Balaban J connectivity index is 1.62. The maximum absolute atomic E-state index is 12.4. The summed E-state index contributed by atoms with van der Waals surface area (Å²) in [5.74, 6) is -0.892. The van der Waals surface area contributed by atoms with E-state index in [9.17, 15) is 24.8 Å². The van der Waals surface area contributed by atoms with Gasteiger partial charge >= 0.3 is 5.97 Å². The smallest absolute Gasteiger partial charge is 0.337 e. The van der Waals surface area contributed by atoms with Crippen LogP contribution >= 0.6 is 11.8 Å². The molecule has 1 aromatic heterocycles. The average molecular weight is 463 g/mol. The van der Waals surface area contributed by atoms with E-state index >= 15 is 0 Å². The van der Waals surface area contributed by atoms with E-state index in [1.807, 2.05) is 6.92 Å². The Hall–Kier alpha value is -4.18. The maximum atomic E-state index is 12.4. The van der Waals surface area contributed by atoms with Crippen molar-refractivity contribution < 1.29 is 24.0 Å². The van der Waals surface area contributed by atoms with Gasteiger partial charge < -0.3 is 14.8 Å². The molecule has 0 radical (unpaired) electrons. The quantitative estimate of drug-likeness (QED) is 0.307. The largest absolute Gasteiger partial charge is 0.478 e. The number of aromatic carboxylic acids is 1. The van der Waals surface area contributed by atoms with Crippen LogP contribution in [0.2, 0.25) is 0 Å². The van der Waals surface area contributed by atoms with Gasteiger partial charge in [-0.1, -0.05) is 12.1 Å². The number of nitro groups is 1. The zero-order valence-corrected chi connectivity index (χ0v) is 18.3. The number of carboxylic acid groups (broad SMARTS) is 1. The standard InChI is InChI=1S/C23H17N3O6S/c1-12-9-16(18(26(30)31)10-13(12)2)19-8-7-14(32-19)11-20-21(27)25-23(33-20)24-17-6-4-3-5-15(17)22(28)29/h3-11H,1-2H3,(H,28,29)(H,24,25,27)/b20-11-. The lowest BCUT2D eigenvalue weighted by Gasteiger charge is -2.04. The number of aliphatic imine (C=N–C) groups is 1. The van der Waals surface area contributed by atoms with Crippen LogP contribution in [0.4, 0.5) is 11.4 Å². The predicted molar refractivity (Wildman–Crippen MR) is 124 cm³/mol. The summed E-state index contributed by atoms with van der Waals surface area (Å²) in [5, 5.41) is 23.6. The molecule has 2 heterocycles. The topological polar surface area (TPSA) is 135 Å². The van der Waals surface area contributed by atoms with Gasteiger partial charge in [0.25, 0.3) is 11.6 Å². The summed E-state index contributed by atoms with van der Waals surface area (Å²) >= 11 is 1.04. The fourth-order valence-corrected chi connectivity index (χ4v) is 4.01. The number of amides is 1. The van der Waals surface area contributed by atoms with E-state index in [0.29, 0.717) is 17.1 Å². The monoisotopic (exact) mass is 463 g/mol. The Bertz CT molecular complexity index is 1370. The fraction of sp³-hybridized carbons (Fsp3) is 0.0870. The predicted octanol–water partition coefficient (Wildman–Crippen LogP) is 5.06. The number of para-hydroxylation sites is 1. The molecular weight excluding hydrogens is 446 g/mol. The van der Waals surface area contributed by atoms with E-state index in [0.717, 1.165) is 22.9 Å². The molecule has 0 bridgehead atoms. The normalized spacial score (nSPS) is 15.8. The number of aryl methyl sites for hydroxylation is 2. The molecule has 10 heteroatoms. The Morgan fingerprint density at radius 3 is 2.64 bits per heavy atom. The molecule has 33 heavy (non-hydrogen) atoms. The zero-order chi connectivity index (χ0) is 23.7. The molecule has 1 aliphatic heterocycles. The van der Waals surface area contributed by atoms with Crippen LogP contribution in [0, 0.1) is 24.0 Å². The van der Waals surface area contributed by atoms with Gasteiger partial charge in [0.15, 0.2) is 5.17 Å². The van der Waals surface area contributed by atoms with E-state index < -0.39 is 16.8 Å². The molecule has 1 saturated heterocycles. The van der Waals surface area contributed by atoms with Crippen molar-refractivity contribution in [3.63, 3.8) is 0 Å². The van der Waals surface area contributed by atoms with Crippen LogP contribution in [-0.4, -0.2) is 27.1 Å². The Kier molecular flexibility index (Phi) is 5.84. The van der Waals surface area contributed by atoms with Gasteiger partial charge in [-0.15, -0.1) is 0 Å². The minimum atomic E-state index is -1.12. The summed E-state index contributed by atoms with van der Waals surface area (Å²) in [6.07, 6.45) is 1.50. The average Bonchev–Trinajstić information content (AvgIpc) is 3.36. The molecule has 1 fully saturated rings. The van der Waals surface area contributed by atoms with Crippen molar-refractivity contribution in [1.29, 1.82) is 0 Å². The number of rotatable bonds is 5. The third-order valence-electron chi connectivity index (χ3n) is 4.98. The summed E-state index contributed by atoms with van der Waals surface area (Å²) in [4.78, 5) is 39.3. The first kappa shape index (κ1) is 22.0. The maximum Gasteiger partial charge on any atom is 0.337 e. The molecule has 2 aromatic carbocycles. The molecule has 0 saturated carbocycles. The molecule has 0 atom stereocenters. The minimum absolute atomic E-state index is 0.0166. The number of hydrogen-bond donors (Lipinski definition) is 2. The van der Waals surface area contributed by atoms with E-state index in [1.165, 1.54) is 18.2 Å². The van der Waals surface area contributed by atoms with Crippen molar-refractivity contribution in [3.05, 3.63) is 86.0 Å². The summed E-state index contributed by atoms with van der Waals surface area (Å²) in [5.41, 5.74) is 2.21. The van der Waals surface area contributed by atoms with E-state index in [1.54, 1.807) is 43.3 Å². The molecule has 1 amide bonds. The number of carboxylic acids is 1. The molecule has 9 nitrogen and oxygen atoms in total. The van der Waals surface area contributed by atoms with Crippen LogP contribution in [-0.2, 0) is 4.79 Å². The Morgan fingerprint density at radius 1 is 1.18 bits per heavy atom. The van der Waals surface area contributed by atoms with E-state index in [2.05, 4.69) is 10.3 Å². The van der Waals surface area contributed by atoms with Gasteiger partial charge in [-0.25, -0.2) is 9.79 Å². The van der Waals surface area contributed by atoms with Gasteiger partial charge in [0.05, 0.1) is 26.6 Å². The van der Waals surface area contributed by atoms with Crippen molar-refractivity contribution in [2.24, 2.45) is 4.99 Å². The van der Waals surface area contributed by atoms with Crippen molar-refractivity contribution in [2.75, 3.05) is 0 Å². The summed E-state index contributed by atoms with van der Waals surface area (Å²) in [7, 11) is 0. The van der Waals surface area contributed by atoms with Gasteiger partial charge in [-0.3, -0.25) is 14.9 Å². The van der Waals surface area contributed by atoms with Crippen LogP contribution < -0.4 is 5.32 Å². The van der Waals surface area contributed by atoms with Crippen LogP contribution in [0.5, 0.6) is 0 Å². The molecule has 166 valence electrons. The zero-order valence-electron chi connectivity index (χ0n) is 17.5. The number of benzene rings is 2. The van der Waals surface area contributed by atoms with Crippen molar-refractivity contribution >= 4 is 46.3 Å². The number of carbonyl (C=O) groups is 2. The van der Waals surface area contributed by atoms with Gasteiger partial charge in [0.1, 0.15) is 11.5 Å². The lowest BCUT2D eigenvalue weighted by molar-refractivity contribution is -0.384. The lowest BCUT2D eigenvalue weighted by atomic mass is 10.0. The molecule has 1 aliphatic rings. The molecule has 0 unspecified atom stereocenters. The second kappa shape index (κ2) is 8.75. The van der Waals surface area contributed by atoms with Crippen LogP contribution in [0.15, 0.2) is 62.8 Å². The van der Waals surface area contributed by atoms with Gasteiger partial charge in [-0.2, -0.15) is 0 Å². The first-order valence-corrected chi connectivity index (χ1v) is 10.5.